The summed E-state index contributed by atoms with van der Waals surface area (Å²) >= 11 is 0. The summed E-state index contributed by atoms with van der Waals surface area (Å²) in [7, 11) is 0. The van der Waals surface area contributed by atoms with Crippen LogP contribution < -0.4 is 14.8 Å². The van der Waals surface area contributed by atoms with E-state index >= 15 is 0 Å². The Bertz CT molecular complexity index is 1450. The number of nitrogens with zero attached hydrogens (tertiary/aromatic N) is 6. The van der Waals surface area contributed by atoms with Crippen molar-refractivity contribution < 1.29 is 13.9 Å². The number of anilines is 1. The molecule has 1 aromatic carbocycles. The molecule has 1 aliphatic rings. The largest absolute Gasteiger partial charge is 0.486 e. The first kappa shape index (κ1) is 19.2. The third-order valence-electron chi connectivity index (χ3n) is 5.34. The number of nitrogens with one attached hydrogen (secondary N) is 1. The summed E-state index contributed by atoms with van der Waals surface area (Å²) in [6.07, 6.45) is 5.05. The third kappa shape index (κ3) is 3.61. The Morgan fingerprint density at radius 1 is 1.03 bits per heavy atom. The van der Waals surface area contributed by atoms with Crippen LogP contribution in [0.25, 0.3) is 28.6 Å². The van der Waals surface area contributed by atoms with Crippen molar-refractivity contribution in [1.29, 1.82) is 0 Å². The molecule has 4 aromatic heterocycles. The van der Waals surface area contributed by atoms with Crippen molar-refractivity contribution in [1.82, 2.24) is 29.5 Å². The van der Waals surface area contributed by atoms with Gasteiger partial charge in [0.05, 0.1) is 17.7 Å². The van der Waals surface area contributed by atoms with Gasteiger partial charge < -0.3 is 19.2 Å². The minimum atomic E-state index is 0.484. The molecule has 5 aromatic rings. The molecule has 33 heavy (non-hydrogen) atoms. The molecule has 1 N–H and O–H groups in total. The molecule has 0 aliphatic carbocycles. The maximum atomic E-state index is 5.66. The quantitative estimate of drug-likeness (QED) is 0.437. The van der Waals surface area contributed by atoms with E-state index in [1.807, 2.05) is 37.3 Å². The normalized spacial score (nSPS) is 12.8. The van der Waals surface area contributed by atoms with Gasteiger partial charge in [0.2, 0.25) is 11.8 Å². The number of ether oxygens (including phenoxy) is 2. The fraction of sp³-hybridized carbons (Fsp3) is 0.174. The average Bonchev–Trinajstić information content (AvgIpc) is 3.53. The van der Waals surface area contributed by atoms with Gasteiger partial charge in [-0.25, -0.2) is 19.5 Å². The topological polar surface area (TPSA) is 112 Å². The van der Waals surface area contributed by atoms with E-state index in [9.17, 15) is 0 Å². The Morgan fingerprint density at radius 3 is 2.82 bits per heavy atom. The van der Waals surface area contributed by atoms with Crippen LogP contribution in [0.4, 0.5) is 5.95 Å². The van der Waals surface area contributed by atoms with Gasteiger partial charge in [-0.15, -0.1) is 5.10 Å². The smallest absolute Gasteiger partial charge is 0.253 e. The van der Waals surface area contributed by atoms with Gasteiger partial charge in [0.1, 0.15) is 13.2 Å². The summed E-state index contributed by atoms with van der Waals surface area (Å²) in [6, 6.07) is 11.3. The van der Waals surface area contributed by atoms with Gasteiger partial charge in [-0.2, -0.15) is 4.98 Å². The molecule has 0 radical (unpaired) electrons. The van der Waals surface area contributed by atoms with Crippen molar-refractivity contribution in [3.05, 3.63) is 66.3 Å². The van der Waals surface area contributed by atoms with Crippen LogP contribution in [0.5, 0.6) is 11.5 Å². The molecule has 0 spiro atoms. The lowest BCUT2D eigenvalue weighted by Gasteiger charge is -2.19. The molecule has 10 heteroatoms. The molecule has 0 fully saturated rings. The van der Waals surface area contributed by atoms with Crippen molar-refractivity contribution in [2.24, 2.45) is 0 Å². The molecule has 0 unspecified atom stereocenters. The number of benzene rings is 1. The first-order valence-electron chi connectivity index (χ1n) is 10.5. The predicted molar refractivity (Wildman–Crippen MR) is 119 cm³/mol. The molecule has 0 amide bonds. The first-order chi connectivity index (χ1) is 16.2. The van der Waals surface area contributed by atoms with Crippen molar-refractivity contribution in [3.8, 4) is 34.3 Å². The van der Waals surface area contributed by atoms with Gasteiger partial charge in [-0.05, 0) is 42.8 Å². The first-order valence-corrected chi connectivity index (χ1v) is 10.5. The van der Waals surface area contributed by atoms with Crippen LogP contribution in [-0.4, -0.2) is 42.8 Å². The van der Waals surface area contributed by atoms with Crippen LogP contribution in [0.1, 0.15) is 11.3 Å². The second kappa shape index (κ2) is 7.90. The second-order valence-corrected chi connectivity index (χ2v) is 7.48. The summed E-state index contributed by atoms with van der Waals surface area (Å²) in [5.74, 6) is 3.61. The third-order valence-corrected chi connectivity index (χ3v) is 5.34. The van der Waals surface area contributed by atoms with Gasteiger partial charge in [0.15, 0.2) is 17.3 Å². The molecule has 6 rings (SSSR count). The maximum absolute atomic E-state index is 5.66. The highest BCUT2D eigenvalue weighted by atomic mass is 16.6. The van der Waals surface area contributed by atoms with Crippen molar-refractivity contribution in [2.45, 2.75) is 13.5 Å². The molecule has 0 saturated carbocycles. The minimum absolute atomic E-state index is 0.484. The summed E-state index contributed by atoms with van der Waals surface area (Å²) < 4.78 is 18.3. The lowest BCUT2D eigenvalue weighted by atomic mass is 10.2. The Kier molecular flexibility index (Phi) is 4.60. The molecule has 164 valence electrons. The van der Waals surface area contributed by atoms with Gasteiger partial charge in [-0.3, -0.25) is 0 Å². The van der Waals surface area contributed by atoms with E-state index in [1.54, 1.807) is 29.2 Å². The fourth-order valence-electron chi connectivity index (χ4n) is 3.68. The zero-order valence-corrected chi connectivity index (χ0v) is 17.7. The van der Waals surface area contributed by atoms with Crippen LogP contribution in [0.2, 0.25) is 0 Å². The van der Waals surface area contributed by atoms with Gasteiger partial charge >= 0.3 is 0 Å². The van der Waals surface area contributed by atoms with Crippen LogP contribution in [0.3, 0.4) is 0 Å². The number of aromatic nitrogens is 6. The summed E-state index contributed by atoms with van der Waals surface area (Å²) in [6.45, 7) is 3.63. The van der Waals surface area contributed by atoms with Gasteiger partial charge in [-0.1, -0.05) is 6.07 Å². The molecule has 1 aliphatic heterocycles. The van der Waals surface area contributed by atoms with Crippen LogP contribution >= 0.6 is 0 Å². The molecule has 0 saturated heterocycles. The summed E-state index contributed by atoms with van der Waals surface area (Å²) in [5, 5.41) is 7.81. The van der Waals surface area contributed by atoms with E-state index in [2.05, 4.69) is 30.4 Å². The Morgan fingerprint density at radius 2 is 1.94 bits per heavy atom. The molecule has 0 atom stereocenters. The SMILES string of the molecule is Cc1c(-c2ccnc(NCc3ccc4c(c3)OCCO4)n2)cnc2nc(-c3ccco3)nn12. The number of aryl methyl sites for hydroxylation is 1. The van der Waals surface area contributed by atoms with Gasteiger partial charge in [0.25, 0.3) is 5.78 Å². The number of furan rings is 1. The predicted octanol–water partition coefficient (Wildman–Crippen LogP) is 3.53. The number of fused-ring (bicyclic) bond motifs is 2. The summed E-state index contributed by atoms with van der Waals surface area (Å²) in [4.78, 5) is 17.9. The highest BCUT2D eigenvalue weighted by molar-refractivity contribution is 5.63. The fourth-order valence-corrected chi connectivity index (χ4v) is 3.68. The Hall–Kier alpha value is -4.47. The number of hydrogen-bond donors (Lipinski definition) is 1. The standard InChI is InChI=1S/C23H19N7O3/c1-14-16(13-26-23-28-21(29-30(14)23)19-3-2-8-31-19)17-6-7-24-22(27-17)25-12-15-4-5-18-20(11-15)33-10-9-32-18/h2-8,11,13H,9-10,12H2,1H3,(H,24,25,27). The van der Waals surface area contributed by atoms with Crippen molar-refractivity contribution >= 4 is 11.7 Å². The summed E-state index contributed by atoms with van der Waals surface area (Å²) in [5.41, 5.74) is 3.47. The zero-order valence-electron chi connectivity index (χ0n) is 17.7. The Labute approximate surface area is 188 Å². The van der Waals surface area contributed by atoms with Crippen LogP contribution in [0.15, 0.2) is 59.5 Å². The average molecular weight is 441 g/mol. The van der Waals surface area contributed by atoms with Crippen LogP contribution in [-0.2, 0) is 6.54 Å². The lowest BCUT2D eigenvalue weighted by Crippen LogP contribution is -2.15. The number of hydrogen-bond acceptors (Lipinski definition) is 9. The highest BCUT2D eigenvalue weighted by Crippen LogP contribution is 2.31. The van der Waals surface area contributed by atoms with Crippen LogP contribution in [0, 0.1) is 6.92 Å². The molecule has 5 heterocycles. The molecule has 10 nitrogen and oxygen atoms in total. The van der Waals surface area contributed by atoms with E-state index in [4.69, 9.17) is 13.9 Å². The van der Waals surface area contributed by atoms with Crippen molar-refractivity contribution in [2.75, 3.05) is 18.5 Å². The lowest BCUT2D eigenvalue weighted by molar-refractivity contribution is 0.171. The minimum Gasteiger partial charge on any atom is -0.486 e. The zero-order chi connectivity index (χ0) is 22.2. The van der Waals surface area contributed by atoms with E-state index in [0.717, 1.165) is 34.0 Å². The molecular formula is C23H19N7O3. The second-order valence-electron chi connectivity index (χ2n) is 7.48. The van der Waals surface area contributed by atoms with E-state index in [-0.39, 0.29) is 0 Å². The van der Waals surface area contributed by atoms with E-state index in [1.165, 1.54) is 0 Å². The molecule has 0 bridgehead atoms. The molecular weight excluding hydrogens is 422 g/mol. The maximum Gasteiger partial charge on any atom is 0.253 e. The van der Waals surface area contributed by atoms with E-state index < -0.39 is 0 Å². The van der Waals surface area contributed by atoms with Gasteiger partial charge in [0, 0.05) is 24.5 Å². The van der Waals surface area contributed by atoms with Crippen molar-refractivity contribution in [3.63, 3.8) is 0 Å². The number of rotatable bonds is 5. The van der Waals surface area contributed by atoms with E-state index in [0.29, 0.717) is 43.1 Å². The highest BCUT2D eigenvalue weighted by Gasteiger charge is 2.15. The monoisotopic (exact) mass is 441 g/mol. The Balaban J connectivity index is 1.26.